The van der Waals surface area contributed by atoms with Crippen molar-refractivity contribution in [1.29, 1.82) is 0 Å². The number of rotatable bonds is 7. The molecule has 4 heteroatoms. The van der Waals surface area contributed by atoms with E-state index in [2.05, 4.69) is 41.8 Å². The number of nitrogens with zero attached hydrogens (tertiary/aromatic N) is 4. The summed E-state index contributed by atoms with van der Waals surface area (Å²) in [5.74, 6) is 1.88. The van der Waals surface area contributed by atoms with Gasteiger partial charge in [0, 0.05) is 29.4 Å². The molecule has 180 valence electrons. The standard InChI is InChI=1S/C33H28N4/c1-4-14-24(2)37(3)30-22-21-28(25-15-8-5-9-16-25)23-29(30)33-35-31(26-17-10-6-11-18-26)34-32(36-33)27-19-12-7-13-20-27/h4-23H,2H2,1,3H3/b14-4-. The van der Waals surface area contributed by atoms with Crippen molar-refractivity contribution in [1.82, 2.24) is 15.0 Å². The Labute approximate surface area is 218 Å². The first-order chi connectivity index (χ1) is 18.1. The number of aromatic nitrogens is 3. The molecule has 0 aliphatic carbocycles. The molecule has 5 rings (SSSR count). The van der Waals surface area contributed by atoms with Gasteiger partial charge in [0.1, 0.15) is 0 Å². The zero-order valence-electron chi connectivity index (χ0n) is 21.0. The number of hydrogen-bond donors (Lipinski definition) is 0. The summed E-state index contributed by atoms with van der Waals surface area (Å²) in [4.78, 5) is 16.9. The van der Waals surface area contributed by atoms with Gasteiger partial charge < -0.3 is 4.90 Å². The smallest absolute Gasteiger partial charge is 0.166 e. The molecule has 0 fully saturated rings. The Bertz CT molecular complexity index is 1480. The fraction of sp³-hybridized carbons (Fsp3) is 0.0606. The van der Waals surface area contributed by atoms with Crippen LogP contribution < -0.4 is 4.90 Å². The number of benzene rings is 4. The quantitative estimate of drug-likeness (QED) is 0.221. The van der Waals surface area contributed by atoms with Crippen LogP contribution in [-0.2, 0) is 0 Å². The predicted molar refractivity (Wildman–Crippen MR) is 154 cm³/mol. The summed E-state index contributed by atoms with van der Waals surface area (Å²) in [5, 5.41) is 0. The number of likely N-dealkylation sites (N-methyl/N-ethyl adjacent to an activating group) is 1. The number of hydrogen-bond acceptors (Lipinski definition) is 4. The lowest BCUT2D eigenvalue weighted by Gasteiger charge is -2.23. The minimum absolute atomic E-state index is 0.612. The van der Waals surface area contributed by atoms with Gasteiger partial charge in [-0.2, -0.15) is 0 Å². The Kier molecular flexibility index (Phi) is 7.00. The molecule has 0 amide bonds. The van der Waals surface area contributed by atoms with E-state index in [4.69, 9.17) is 15.0 Å². The van der Waals surface area contributed by atoms with Crippen LogP contribution in [0.25, 0.3) is 45.3 Å². The summed E-state index contributed by atoms with van der Waals surface area (Å²) >= 11 is 0. The molecule has 4 aromatic carbocycles. The van der Waals surface area contributed by atoms with Gasteiger partial charge in [-0.1, -0.05) is 110 Å². The summed E-state index contributed by atoms with van der Waals surface area (Å²) in [5.41, 5.74) is 6.85. The first-order valence-electron chi connectivity index (χ1n) is 12.3. The van der Waals surface area contributed by atoms with Gasteiger partial charge in [0.15, 0.2) is 17.5 Å². The van der Waals surface area contributed by atoms with E-state index in [9.17, 15) is 0 Å². The van der Waals surface area contributed by atoms with E-state index < -0.39 is 0 Å². The molecule has 0 bridgehead atoms. The molecule has 1 aromatic heterocycles. The Morgan fingerprint density at radius 1 is 0.622 bits per heavy atom. The highest BCUT2D eigenvalue weighted by molar-refractivity contribution is 5.83. The summed E-state index contributed by atoms with van der Waals surface area (Å²) in [7, 11) is 2.01. The van der Waals surface area contributed by atoms with Crippen LogP contribution in [0, 0.1) is 0 Å². The average molecular weight is 481 g/mol. The second-order valence-electron chi connectivity index (χ2n) is 8.69. The first-order valence-corrected chi connectivity index (χ1v) is 12.3. The van der Waals surface area contributed by atoms with Gasteiger partial charge in [-0.25, -0.2) is 15.0 Å². The van der Waals surface area contributed by atoms with Crippen LogP contribution in [0.4, 0.5) is 5.69 Å². The zero-order valence-corrected chi connectivity index (χ0v) is 21.0. The molecule has 0 N–H and O–H groups in total. The maximum atomic E-state index is 4.99. The number of allylic oxidation sites excluding steroid dienone is 2. The number of anilines is 1. The predicted octanol–water partition coefficient (Wildman–Crippen LogP) is 8.07. The third-order valence-electron chi connectivity index (χ3n) is 6.20. The van der Waals surface area contributed by atoms with Crippen molar-refractivity contribution in [3.63, 3.8) is 0 Å². The molecule has 0 aliphatic rings. The molecule has 0 saturated carbocycles. The lowest BCUT2D eigenvalue weighted by Crippen LogP contribution is -2.15. The van der Waals surface area contributed by atoms with Gasteiger partial charge in [0.05, 0.1) is 5.69 Å². The summed E-state index contributed by atoms with van der Waals surface area (Å²) in [6.07, 6.45) is 3.98. The summed E-state index contributed by atoms with van der Waals surface area (Å²) in [6.45, 7) is 6.24. The van der Waals surface area contributed by atoms with E-state index >= 15 is 0 Å². The van der Waals surface area contributed by atoms with Crippen molar-refractivity contribution in [2.75, 3.05) is 11.9 Å². The van der Waals surface area contributed by atoms with Crippen LogP contribution in [0.15, 0.2) is 134 Å². The molecule has 0 saturated heterocycles. The lowest BCUT2D eigenvalue weighted by atomic mass is 10.0. The zero-order chi connectivity index (χ0) is 25.6. The molecule has 4 nitrogen and oxygen atoms in total. The van der Waals surface area contributed by atoms with Crippen molar-refractivity contribution in [2.45, 2.75) is 6.92 Å². The van der Waals surface area contributed by atoms with Gasteiger partial charge in [-0.05, 0) is 36.3 Å². The van der Waals surface area contributed by atoms with Gasteiger partial charge in [0.25, 0.3) is 0 Å². The monoisotopic (exact) mass is 480 g/mol. The molecular formula is C33H28N4. The summed E-state index contributed by atoms with van der Waals surface area (Å²) in [6, 6.07) is 36.8. The molecular weight excluding hydrogens is 452 g/mol. The second-order valence-corrected chi connectivity index (χ2v) is 8.69. The molecule has 1 heterocycles. The molecule has 0 radical (unpaired) electrons. The third-order valence-corrected chi connectivity index (χ3v) is 6.20. The molecule has 0 unspecified atom stereocenters. The highest BCUT2D eigenvalue weighted by Gasteiger charge is 2.18. The highest BCUT2D eigenvalue weighted by atomic mass is 15.1. The van der Waals surface area contributed by atoms with Crippen LogP contribution in [0.2, 0.25) is 0 Å². The van der Waals surface area contributed by atoms with Gasteiger partial charge in [0.2, 0.25) is 0 Å². The van der Waals surface area contributed by atoms with Crippen molar-refractivity contribution in [2.24, 2.45) is 0 Å². The van der Waals surface area contributed by atoms with Crippen molar-refractivity contribution in [3.8, 4) is 45.3 Å². The minimum Gasteiger partial charge on any atom is -0.345 e. The largest absolute Gasteiger partial charge is 0.345 e. The molecule has 0 atom stereocenters. The van der Waals surface area contributed by atoms with E-state index in [1.54, 1.807) is 0 Å². The summed E-state index contributed by atoms with van der Waals surface area (Å²) < 4.78 is 0. The van der Waals surface area contributed by atoms with E-state index in [0.717, 1.165) is 39.2 Å². The van der Waals surface area contributed by atoms with Crippen LogP contribution in [0.5, 0.6) is 0 Å². The Morgan fingerprint density at radius 3 is 1.62 bits per heavy atom. The van der Waals surface area contributed by atoms with Crippen LogP contribution in [0.1, 0.15) is 6.92 Å². The molecule has 37 heavy (non-hydrogen) atoms. The van der Waals surface area contributed by atoms with E-state index in [1.165, 1.54) is 0 Å². The average Bonchev–Trinajstić information content (AvgIpc) is 2.97. The van der Waals surface area contributed by atoms with Gasteiger partial charge in [-0.3, -0.25) is 0 Å². The minimum atomic E-state index is 0.612. The van der Waals surface area contributed by atoms with E-state index in [-0.39, 0.29) is 0 Å². The van der Waals surface area contributed by atoms with Crippen LogP contribution >= 0.6 is 0 Å². The van der Waals surface area contributed by atoms with E-state index in [1.807, 2.05) is 105 Å². The first kappa shape index (κ1) is 23.9. The van der Waals surface area contributed by atoms with Crippen molar-refractivity contribution in [3.05, 3.63) is 134 Å². The van der Waals surface area contributed by atoms with Gasteiger partial charge in [-0.15, -0.1) is 0 Å². The third kappa shape index (κ3) is 5.24. The topological polar surface area (TPSA) is 41.9 Å². The van der Waals surface area contributed by atoms with Crippen molar-refractivity contribution < 1.29 is 0 Å². The van der Waals surface area contributed by atoms with E-state index in [0.29, 0.717) is 17.5 Å². The SMILES string of the molecule is C=C(/C=C\C)N(C)c1ccc(-c2ccccc2)cc1-c1nc(-c2ccccc2)nc(-c2ccccc2)n1. The normalized spacial score (nSPS) is 11.0. The fourth-order valence-corrected chi connectivity index (χ4v) is 4.21. The lowest BCUT2D eigenvalue weighted by molar-refractivity contribution is 1.07. The van der Waals surface area contributed by atoms with Crippen LogP contribution in [-0.4, -0.2) is 22.0 Å². The van der Waals surface area contributed by atoms with Crippen molar-refractivity contribution >= 4 is 5.69 Å². The molecule has 5 aromatic rings. The maximum absolute atomic E-state index is 4.99. The maximum Gasteiger partial charge on any atom is 0.166 e. The Hall–Kier alpha value is -4.83. The Balaban J connectivity index is 1.76. The van der Waals surface area contributed by atoms with Gasteiger partial charge >= 0.3 is 0 Å². The fourth-order valence-electron chi connectivity index (χ4n) is 4.21. The molecule has 0 spiro atoms. The Morgan fingerprint density at radius 2 is 1.11 bits per heavy atom. The van der Waals surface area contributed by atoms with Crippen LogP contribution in [0.3, 0.4) is 0 Å². The second kappa shape index (κ2) is 10.8. The molecule has 0 aliphatic heterocycles. The highest BCUT2D eigenvalue weighted by Crippen LogP contribution is 2.36.